The minimum atomic E-state index is 1.44. The van der Waals surface area contributed by atoms with Crippen LogP contribution < -0.4 is 0 Å². The highest BCUT2D eigenvalue weighted by Gasteiger charge is 2.18. The van der Waals surface area contributed by atoms with Gasteiger partial charge in [-0.05, 0) is 38.5 Å². The first kappa shape index (κ1) is 4.60. The summed E-state index contributed by atoms with van der Waals surface area (Å²) in [6.45, 7) is 0. The van der Waals surface area contributed by atoms with Crippen LogP contribution in [0.2, 0.25) is 0 Å². The van der Waals surface area contributed by atoms with Gasteiger partial charge in [0.25, 0.3) is 0 Å². The molecule has 0 radical (unpaired) electrons. The highest BCUT2D eigenvalue weighted by Crippen LogP contribution is 2.38. The van der Waals surface area contributed by atoms with Crippen molar-refractivity contribution in [3.63, 3.8) is 0 Å². The van der Waals surface area contributed by atoms with Gasteiger partial charge in [-0.15, -0.1) is 0 Å². The van der Waals surface area contributed by atoms with E-state index in [1.807, 2.05) is 11.1 Å². The van der Waals surface area contributed by atoms with Crippen molar-refractivity contribution in [2.75, 3.05) is 0 Å². The van der Waals surface area contributed by atoms with Gasteiger partial charge in [0.1, 0.15) is 0 Å². The molecule has 0 aromatic rings. The maximum absolute atomic E-state index is 1.82. The Balaban J connectivity index is 2.18. The van der Waals surface area contributed by atoms with E-state index in [0.717, 1.165) is 0 Å². The van der Waals surface area contributed by atoms with Gasteiger partial charge in [0, 0.05) is 0 Å². The summed E-state index contributed by atoms with van der Waals surface area (Å²) in [4.78, 5) is 0. The van der Waals surface area contributed by atoms with Crippen LogP contribution in [0.5, 0.6) is 0 Å². The molecule has 0 amide bonds. The van der Waals surface area contributed by atoms with Crippen molar-refractivity contribution in [1.29, 1.82) is 0 Å². The average molecular weight is 108 g/mol. The van der Waals surface area contributed by atoms with Gasteiger partial charge in [0.15, 0.2) is 0 Å². The van der Waals surface area contributed by atoms with Crippen molar-refractivity contribution in [2.45, 2.75) is 38.5 Å². The Morgan fingerprint density at radius 2 is 1.12 bits per heavy atom. The Bertz CT molecular complexity index is 115. The van der Waals surface area contributed by atoms with Gasteiger partial charge in [-0.3, -0.25) is 0 Å². The highest BCUT2D eigenvalue weighted by molar-refractivity contribution is 5.25. The summed E-state index contributed by atoms with van der Waals surface area (Å²) < 4.78 is 0. The highest BCUT2D eigenvalue weighted by atomic mass is 14.2. The first-order valence-corrected chi connectivity index (χ1v) is 3.66. The first-order chi connectivity index (χ1) is 3.97. The van der Waals surface area contributed by atoms with E-state index in [0.29, 0.717) is 0 Å². The molecule has 0 saturated carbocycles. The number of hydrogen-bond acceptors (Lipinski definition) is 0. The summed E-state index contributed by atoms with van der Waals surface area (Å²) in [5, 5.41) is 0. The molecule has 0 saturated heterocycles. The summed E-state index contributed by atoms with van der Waals surface area (Å²) in [6.07, 6.45) is 8.70. The van der Waals surface area contributed by atoms with Crippen LogP contribution in [-0.2, 0) is 0 Å². The second kappa shape index (κ2) is 1.61. The van der Waals surface area contributed by atoms with Crippen LogP contribution in [0.4, 0.5) is 0 Å². The quantitative estimate of drug-likeness (QED) is 0.418. The van der Waals surface area contributed by atoms with Gasteiger partial charge >= 0.3 is 0 Å². The zero-order chi connectivity index (χ0) is 5.40. The first-order valence-electron chi connectivity index (χ1n) is 3.66. The van der Waals surface area contributed by atoms with Crippen LogP contribution in [0.25, 0.3) is 0 Å². The maximum Gasteiger partial charge on any atom is -0.0280 e. The monoisotopic (exact) mass is 108 g/mol. The van der Waals surface area contributed by atoms with Crippen LogP contribution in [0.15, 0.2) is 11.1 Å². The van der Waals surface area contributed by atoms with Crippen molar-refractivity contribution in [3.8, 4) is 0 Å². The second-order valence-electron chi connectivity index (χ2n) is 2.91. The summed E-state index contributed by atoms with van der Waals surface area (Å²) in [6, 6.07) is 0. The van der Waals surface area contributed by atoms with Crippen molar-refractivity contribution in [1.82, 2.24) is 0 Å². The van der Waals surface area contributed by atoms with E-state index in [2.05, 4.69) is 0 Å². The Labute approximate surface area is 50.6 Å². The van der Waals surface area contributed by atoms with Crippen LogP contribution in [0, 0.1) is 0 Å². The van der Waals surface area contributed by atoms with Crippen molar-refractivity contribution in [3.05, 3.63) is 11.1 Å². The fraction of sp³-hybridized carbons (Fsp3) is 0.750. The predicted molar refractivity (Wildman–Crippen MR) is 34.7 cm³/mol. The molecular formula is C8H12. The van der Waals surface area contributed by atoms with Crippen LogP contribution in [0.1, 0.15) is 38.5 Å². The molecule has 2 aliphatic rings. The van der Waals surface area contributed by atoms with Crippen molar-refractivity contribution in [2.24, 2.45) is 0 Å². The average Bonchev–Trinajstić information content (AvgIpc) is 1.72. The van der Waals surface area contributed by atoms with Gasteiger partial charge in [0.05, 0.1) is 0 Å². The van der Waals surface area contributed by atoms with Gasteiger partial charge in [-0.25, -0.2) is 0 Å². The number of rotatable bonds is 0. The molecule has 44 valence electrons. The Hall–Kier alpha value is -0.260. The molecule has 0 bridgehead atoms. The van der Waals surface area contributed by atoms with Gasteiger partial charge in [-0.1, -0.05) is 11.1 Å². The molecule has 0 heteroatoms. The number of hydrogen-bond donors (Lipinski definition) is 0. The molecule has 0 spiro atoms. The zero-order valence-electron chi connectivity index (χ0n) is 5.24. The third-order valence-electron chi connectivity index (χ3n) is 2.44. The standard InChI is InChI=1S/C8H12/c1-2-4-8-6-5-7(8)3-1/h1-6H2. The molecule has 0 atom stereocenters. The fourth-order valence-corrected chi connectivity index (χ4v) is 1.76. The SMILES string of the molecule is C1CCC2=C(C1)CC2. The van der Waals surface area contributed by atoms with Crippen LogP contribution >= 0.6 is 0 Å². The van der Waals surface area contributed by atoms with E-state index < -0.39 is 0 Å². The molecule has 8 heavy (non-hydrogen) atoms. The lowest BCUT2D eigenvalue weighted by molar-refractivity contribution is 0.572. The zero-order valence-corrected chi connectivity index (χ0v) is 5.24. The Morgan fingerprint density at radius 3 is 1.38 bits per heavy atom. The van der Waals surface area contributed by atoms with E-state index in [9.17, 15) is 0 Å². The lowest BCUT2D eigenvalue weighted by Gasteiger charge is -2.28. The summed E-state index contributed by atoms with van der Waals surface area (Å²) in [7, 11) is 0. The molecule has 0 aliphatic heterocycles. The van der Waals surface area contributed by atoms with Crippen molar-refractivity contribution < 1.29 is 0 Å². The third kappa shape index (κ3) is 0.521. The smallest absolute Gasteiger partial charge is 0.0280 e. The predicted octanol–water partition coefficient (Wildman–Crippen LogP) is 2.65. The molecule has 0 aromatic carbocycles. The van der Waals surface area contributed by atoms with E-state index >= 15 is 0 Å². The number of allylic oxidation sites excluding steroid dienone is 2. The molecular weight excluding hydrogens is 96.1 g/mol. The fourth-order valence-electron chi connectivity index (χ4n) is 1.76. The minimum Gasteiger partial charge on any atom is -0.0707 e. The Morgan fingerprint density at radius 1 is 0.625 bits per heavy atom. The van der Waals surface area contributed by atoms with Gasteiger partial charge < -0.3 is 0 Å². The normalized spacial score (nSPS) is 27.0. The van der Waals surface area contributed by atoms with Crippen molar-refractivity contribution >= 4 is 0 Å². The summed E-state index contributed by atoms with van der Waals surface area (Å²) in [5.41, 5.74) is 3.63. The minimum absolute atomic E-state index is 1.44. The van der Waals surface area contributed by atoms with E-state index in [4.69, 9.17) is 0 Å². The third-order valence-corrected chi connectivity index (χ3v) is 2.44. The second-order valence-corrected chi connectivity index (χ2v) is 2.91. The molecule has 2 aliphatic carbocycles. The molecule has 0 heterocycles. The maximum atomic E-state index is 1.82. The van der Waals surface area contributed by atoms with E-state index in [1.165, 1.54) is 38.5 Å². The van der Waals surface area contributed by atoms with Crippen LogP contribution in [-0.4, -0.2) is 0 Å². The van der Waals surface area contributed by atoms with E-state index in [1.54, 1.807) is 0 Å². The van der Waals surface area contributed by atoms with Gasteiger partial charge in [-0.2, -0.15) is 0 Å². The van der Waals surface area contributed by atoms with Crippen LogP contribution in [0.3, 0.4) is 0 Å². The largest absolute Gasteiger partial charge is 0.0707 e. The molecule has 0 nitrogen and oxygen atoms in total. The van der Waals surface area contributed by atoms with Gasteiger partial charge in [0.2, 0.25) is 0 Å². The van der Waals surface area contributed by atoms with E-state index in [-0.39, 0.29) is 0 Å². The molecule has 2 rings (SSSR count). The summed E-state index contributed by atoms with van der Waals surface area (Å²) in [5.74, 6) is 0. The molecule has 0 aromatic heterocycles. The Kier molecular flexibility index (Phi) is 0.927. The lowest BCUT2D eigenvalue weighted by Crippen LogP contribution is -2.08. The summed E-state index contributed by atoms with van der Waals surface area (Å²) >= 11 is 0. The molecule has 0 unspecified atom stereocenters. The molecule has 0 N–H and O–H groups in total. The molecule has 0 fully saturated rings. The lowest BCUT2D eigenvalue weighted by atomic mass is 9.78. The topological polar surface area (TPSA) is 0 Å².